The van der Waals surface area contributed by atoms with Crippen molar-refractivity contribution in [3.63, 3.8) is 0 Å². The molecule has 20 heavy (non-hydrogen) atoms. The molecule has 0 saturated heterocycles. The second kappa shape index (κ2) is 6.28. The van der Waals surface area contributed by atoms with Gasteiger partial charge in [0.1, 0.15) is 5.75 Å². The maximum atomic E-state index is 11.0. The lowest BCUT2D eigenvalue weighted by molar-refractivity contribution is 0.100. The molecule has 2 aromatic carbocycles. The van der Waals surface area contributed by atoms with Gasteiger partial charge in [0, 0.05) is 17.8 Å². The fourth-order valence-electron chi connectivity index (χ4n) is 1.68. The van der Waals surface area contributed by atoms with Gasteiger partial charge >= 0.3 is 0 Å². The van der Waals surface area contributed by atoms with Crippen molar-refractivity contribution >= 4 is 43.5 Å². The highest BCUT2D eigenvalue weighted by atomic mass is 79.9. The van der Waals surface area contributed by atoms with E-state index in [0.29, 0.717) is 21.1 Å². The van der Waals surface area contributed by atoms with Gasteiger partial charge in [-0.15, -0.1) is 0 Å². The van der Waals surface area contributed by atoms with Gasteiger partial charge in [-0.1, -0.05) is 0 Å². The molecule has 0 spiro atoms. The first kappa shape index (κ1) is 14.9. The smallest absolute Gasteiger partial charge is 0.248 e. The molecule has 1 amide bonds. The first-order valence-corrected chi connectivity index (χ1v) is 7.36. The van der Waals surface area contributed by atoms with Crippen LogP contribution in [0, 0.1) is 0 Å². The molecule has 4 nitrogen and oxygen atoms in total. The van der Waals surface area contributed by atoms with Gasteiger partial charge in [-0.05, 0) is 73.8 Å². The number of rotatable bonds is 4. The number of anilines is 1. The number of amides is 1. The molecule has 0 heterocycles. The number of benzene rings is 2. The lowest BCUT2D eigenvalue weighted by Gasteiger charge is -2.09. The van der Waals surface area contributed by atoms with Crippen molar-refractivity contribution < 1.29 is 9.90 Å². The Kier molecular flexibility index (Phi) is 4.67. The Hall–Kier alpha value is -1.53. The van der Waals surface area contributed by atoms with E-state index in [1.807, 2.05) is 12.1 Å². The van der Waals surface area contributed by atoms with Crippen molar-refractivity contribution in [2.45, 2.75) is 6.54 Å². The van der Waals surface area contributed by atoms with Crippen LogP contribution in [0.2, 0.25) is 0 Å². The van der Waals surface area contributed by atoms with E-state index in [2.05, 4.69) is 37.2 Å². The Labute approximate surface area is 133 Å². The van der Waals surface area contributed by atoms with Crippen LogP contribution in [0.15, 0.2) is 45.3 Å². The molecule has 0 aliphatic rings. The summed E-state index contributed by atoms with van der Waals surface area (Å²) in [4.78, 5) is 11.0. The largest absolute Gasteiger partial charge is 0.506 e. The van der Waals surface area contributed by atoms with Gasteiger partial charge in [-0.25, -0.2) is 0 Å². The summed E-state index contributed by atoms with van der Waals surface area (Å²) < 4.78 is 1.26. The van der Waals surface area contributed by atoms with E-state index in [0.717, 1.165) is 11.3 Å². The summed E-state index contributed by atoms with van der Waals surface area (Å²) >= 11 is 6.58. The van der Waals surface area contributed by atoms with Crippen LogP contribution < -0.4 is 11.1 Å². The predicted molar refractivity (Wildman–Crippen MR) is 85.8 cm³/mol. The van der Waals surface area contributed by atoms with Crippen LogP contribution >= 0.6 is 31.9 Å². The summed E-state index contributed by atoms with van der Waals surface area (Å²) in [6.45, 7) is 0.591. The van der Waals surface area contributed by atoms with E-state index in [1.165, 1.54) is 0 Å². The van der Waals surface area contributed by atoms with Gasteiger partial charge in [0.25, 0.3) is 0 Å². The van der Waals surface area contributed by atoms with Crippen molar-refractivity contribution in [3.05, 3.63) is 56.5 Å². The minimum absolute atomic E-state index is 0.180. The van der Waals surface area contributed by atoms with Crippen LogP contribution in [0.1, 0.15) is 15.9 Å². The standard InChI is InChI=1S/C14H12Br2N2O2/c15-11-5-8(6-12(16)13(11)19)7-18-10-3-1-9(2-4-10)14(17)20/h1-6,18-19H,7H2,(H2,17,20). The molecule has 2 rings (SSSR count). The molecular weight excluding hydrogens is 388 g/mol. The van der Waals surface area contributed by atoms with Gasteiger partial charge in [-0.2, -0.15) is 0 Å². The Morgan fingerprint density at radius 2 is 1.70 bits per heavy atom. The molecule has 4 N–H and O–H groups in total. The molecule has 0 saturated carbocycles. The molecule has 0 radical (unpaired) electrons. The first-order valence-electron chi connectivity index (χ1n) is 5.78. The molecule has 104 valence electrons. The molecule has 0 aliphatic carbocycles. The zero-order chi connectivity index (χ0) is 14.7. The lowest BCUT2D eigenvalue weighted by atomic mass is 10.2. The van der Waals surface area contributed by atoms with E-state index in [-0.39, 0.29) is 5.75 Å². The van der Waals surface area contributed by atoms with Crippen molar-refractivity contribution in [1.29, 1.82) is 0 Å². The Morgan fingerprint density at radius 3 is 2.20 bits per heavy atom. The number of nitrogens with two attached hydrogens (primary N) is 1. The van der Waals surface area contributed by atoms with Crippen molar-refractivity contribution in [2.75, 3.05) is 5.32 Å². The number of phenols is 1. The minimum atomic E-state index is -0.442. The molecule has 0 unspecified atom stereocenters. The third kappa shape index (κ3) is 3.52. The zero-order valence-electron chi connectivity index (χ0n) is 10.4. The Balaban J connectivity index is 2.07. The Bertz CT molecular complexity index is 619. The van der Waals surface area contributed by atoms with E-state index >= 15 is 0 Å². The van der Waals surface area contributed by atoms with Gasteiger partial charge in [0.2, 0.25) is 5.91 Å². The van der Waals surface area contributed by atoms with Crippen LogP contribution in [-0.2, 0) is 6.54 Å². The van der Waals surface area contributed by atoms with E-state index < -0.39 is 5.91 Å². The monoisotopic (exact) mass is 398 g/mol. The number of aromatic hydroxyl groups is 1. The highest BCUT2D eigenvalue weighted by Crippen LogP contribution is 2.33. The average Bonchev–Trinajstić information content (AvgIpc) is 2.42. The summed E-state index contributed by atoms with van der Waals surface area (Å²) in [7, 11) is 0. The minimum Gasteiger partial charge on any atom is -0.506 e. The quantitative estimate of drug-likeness (QED) is 0.734. The molecule has 0 bridgehead atoms. The van der Waals surface area contributed by atoms with Gasteiger partial charge in [-0.3, -0.25) is 4.79 Å². The van der Waals surface area contributed by atoms with Crippen LogP contribution in [-0.4, -0.2) is 11.0 Å². The third-order valence-electron chi connectivity index (χ3n) is 2.74. The number of hydrogen-bond acceptors (Lipinski definition) is 3. The summed E-state index contributed by atoms with van der Waals surface area (Å²) in [5.41, 5.74) is 7.55. The number of nitrogens with one attached hydrogen (secondary N) is 1. The summed E-state index contributed by atoms with van der Waals surface area (Å²) in [5, 5.41) is 12.9. The molecule has 6 heteroatoms. The highest BCUT2D eigenvalue weighted by Gasteiger charge is 2.06. The van der Waals surface area contributed by atoms with Crippen molar-refractivity contribution in [1.82, 2.24) is 0 Å². The normalized spacial score (nSPS) is 10.3. The zero-order valence-corrected chi connectivity index (χ0v) is 13.5. The second-order valence-electron chi connectivity index (χ2n) is 4.20. The van der Waals surface area contributed by atoms with Crippen LogP contribution in [0.3, 0.4) is 0 Å². The number of phenolic OH excluding ortho intramolecular Hbond substituents is 1. The van der Waals surface area contributed by atoms with Gasteiger partial charge < -0.3 is 16.2 Å². The molecule has 0 aliphatic heterocycles. The SMILES string of the molecule is NC(=O)c1ccc(NCc2cc(Br)c(O)c(Br)c2)cc1. The second-order valence-corrected chi connectivity index (χ2v) is 5.91. The summed E-state index contributed by atoms with van der Waals surface area (Å²) in [5.74, 6) is -0.262. The molecule has 0 aromatic heterocycles. The van der Waals surface area contributed by atoms with Gasteiger partial charge in [0.15, 0.2) is 0 Å². The predicted octanol–water partition coefficient (Wildman–Crippen LogP) is 3.63. The molecule has 2 aromatic rings. The van der Waals surface area contributed by atoms with Crippen molar-refractivity contribution in [3.8, 4) is 5.75 Å². The Morgan fingerprint density at radius 1 is 1.15 bits per heavy atom. The number of carbonyl (C=O) groups excluding carboxylic acids is 1. The van der Waals surface area contributed by atoms with E-state index in [1.54, 1.807) is 24.3 Å². The molecular formula is C14H12Br2N2O2. The van der Waals surface area contributed by atoms with Crippen LogP contribution in [0.4, 0.5) is 5.69 Å². The number of carbonyl (C=O) groups is 1. The fraction of sp³-hybridized carbons (Fsp3) is 0.0714. The highest BCUT2D eigenvalue weighted by molar-refractivity contribution is 9.11. The van der Waals surface area contributed by atoms with Crippen LogP contribution in [0.25, 0.3) is 0 Å². The number of halogens is 2. The summed E-state index contributed by atoms with van der Waals surface area (Å²) in [6.07, 6.45) is 0. The maximum Gasteiger partial charge on any atom is 0.248 e. The fourth-order valence-corrected chi connectivity index (χ4v) is 2.96. The van der Waals surface area contributed by atoms with E-state index in [9.17, 15) is 9.90 Å². The lowest BCUT2D eigenvalue weighted by Crippen LogP contribution is -2.10. The molecule has 0 atom stereocenters. The topological polar surface area (TPSA) is 75.4 Å². The maximum absolute atomic E-state index is 11.0. The van der Waals surface area contributed by atoms with Crippen LogP contribution in [0.5, 0.6) is 5.75 Å². The van der Waals surface area contributed by atoms with Gasteiger partial charge in [0.05, 0.1) is 8.95 Å². The number of primary amides is 1. The molecule has 0 fully saturated rings. The average molecular weight is 400 g/mol. The third-order valence-corrected chi connectivity index (χ3v) is 3.95. The van der Waals surface area contributed by atoms with Crippen molar-refractivity contribution in [2.24, 2.45) is 5.73 Å². The number of hydrogen-bond donors (Lipinski definition) is 3. The summed E-state index contributed by atoms with van der Waals surface area (Å²) in [6, 6.07) is 10.6. The van der Waals surface area contributed by atoms with E-state index in [4.69, 9.17) is 5.73 Å². The first-order chi connectivity index (χ1) is 9.47.